The van der Waals surface area contributed by atoms with Crippen molar-refractivity contribution in [2.75, 3.05) is 18.6 Å². The molecule has 0 spiro atoms. The van der Waals surface area contributed by atoms with Crippen molar-refractivity contribution in [3.05, 3.63) is 65.7 Å². The fraction of sp³-hybridized carbons (Fsp3) is 0.320. The molecule has 1 aliphatic carbocycles. The van der Waals surface area contributed by atoms with Gasteiger partial charge < -0.3 is 14.4 Å². The van der Waals surface area contributed by atoms with Crippen LogP contribution in [-0.4, -0.2) is 31.6 Å². The highest BCUT2D eigenvalue weighted by Crippen LogP contribution is 2.27. The number of nitriles is 1. The Kier molecular flexibility index (Phi) is 7.83. The normalized spacial score (nSPS) is 14.4. The maximum atomic E-state index is 13.0. The van der Waals surface area contributed by atoms with Gasteiger partial charge in [-0.15, -0.1) is 0 Å². The van der Waals surface area contributed by atoms with Gasteiger partial charge in [0.05, 0.1) is 7.11 Å². The van der Waals surface area contributed by atoms with E-state index >= 15 is 0 Å². The van der Waals surface area contributed by atoms with E-state index < -0.39 is 12.6 Å². The molecule has 0 radical (unpaired) electrons. The van der Waals surface area contributed by atoms with Gasteiger partial charge in [0, 0.05) is 11.7 Å². The molecule has 6 nitrogen and oxygen atoms in total. The van der Waals surface area contributed by atoms with Gasteiger partial charge in [-0.2, -0.15) is 5.26 Å². The highest BCUT2D eigenvalue weighted by Gasteiger charge is 2.27. The molecule has 0 bridgehead atoms. The molecular weight excluding hydrogens is 392 g/mol. The maximum Gasteiger partial charge on any atom is 0.349 e. The van der Waals surface area contributed by atoms with Crippen LogP contribution in [0.1, 0.15) is 37.7 Å². The Labute approximate surface area is 182 Å². The number of carbonyl (C=O) groups excluding carboxylic acids is 2. The molecule has 160 valence electrons. The number of esters is 1. The molecule has 0 heterocycles. The van der Waals surface area contributed by atoms with Crippen molar-refractivity contribution in [2.24, 2.45) is 0 Å². The average molecular weight is 418 g/mol. The van der Waals surface area contributed by atoms with Crippen LogP contribution in [0.4, 0.5) is 5.69 Å². The number of hydrogen-bond donors (Lipinski definition) is 0. The third kappa shape index (κ3) is 5.95. The Balaban J connectivity index is 1.69. The van der Waals surface area contributed by atoms with E-state index in [0.717, 1.165) is 31.4 Å². The lowest BCUT2D eigenvalue weighted by Crippen LogP contribution is -2.43. The number of anilines is 1. The molecule has 3 rings (SSSR count). The van der Waals surface area contributed by atoms with Crippen LogP contribution in [-0.2, 0) is 14.3 Å². The number of rotatable bonds is 7. The molecule has 2 aromatic rings. The topological polar surface area (TPSA) is 79.6 Å². The number of amides is 1. The molecule has 0 aliphatic heterocycles. The summed E-state index contributed by atoms with van der Waals surface area (Å²) in [5.41, 5.74) is 1.29. The fourth-order valence-corrected chi connectivity index (χ4v) is 3.76. The van der Waals surface area contributed by atoms with Crippen LogP contribution < -0.4 is 9.64 Å². The zero-order valence-electron chi connectivity index (χ0n) is 17.6. The minimum Gasteiger partial charge on any atom is -0.497 e. The third-order valence-corrected chi connectivity index (χ3v) is 5.34. The van der Waals surface area contributed by atoms with E-state index in [1.807, 2.05) is 36.4 Å². The van der Waals surface area contributed by atoms with E-state index in [0.29, 0.717) is 11.3 Å². The number of ether oxygens (including phenoxy) is 2. The highest BCUT2D eigenvalue weighted by molar-refractivity contribution is 6.01. The first-order valence-corrected chi connectivity index (χ1v) is 10.4. The zero-order chi connectivity index (χ0) is 22.1. The number of benzene rings is 2. The lowest BCUT2D eigenvalue weighted by molar-refractivity contribution is -0.143. The van der Waals surface area contributed by atoms with E-state index in [2.05, 4.69) is 0 Å². The molecule has 1 saturated carbocycles. The van der Waals surface area contributed by atoms with Crippen LogP contribution in [0.15, 0.2) is 60.2 Å². The predicted molar refractivity (Wildman–Crippen MR) is 118 cm³/mol. The number of hydrogen-bond acceptors (Lipinski definition) is 5. The maximum absolute atomic E-state index is 13.0. The van der Waals surface area contributed by atoms with E-state index in [1.165, 1.54) is 12.5 Å². The van der Waals surface area contributed by atoms with Gasteiger partial charge in [0.25, 0.3) is 5.91 Å². The molecule has 31 heavy (non-hydrogen) atoms. The van der Waals surface area contributed by atoms with Gasteiger partial charge in [-0.25, -0.2) is 4.79 Å². The Morgan fingerprint density at radius 3 is 2.35 bits per heavy atom. The van der Waals surface area contributed by atoms with E-state index in [9.17, 15) is 14.9 Å². The first-order valence-electron chi connectivity index (χ1n) is 10.4. The third-order valence-electron chi connectivity index (χ3n) is 5.34. The molecule has 6 heteroatoms. The first kappa shape index (κ1) is 22.1. The summed E-state index contributed by atoms with van der Waals surface area (Å²) in [6, 6.07) is 18.3. The quantitative estimate of drug-likeness (QED) is 0.375. The number of carbonyl (C=O) groups is 2. The van der Waals surface area contributed by atoms with Gasteiger partial charge in [0.2, 0.25) is 0 Å². The molecule has 0 atom stereocenters. The summed E-state index contributed by atoms with van der Waals surface area (Å²) in [4.78, 5) is 27.2. The Morgan fingerprint density at radius 2 is 1.74 bits per heavy atom. The molecule has 0 aromatic heterocycles. The Bertz CT molecular complexity index is 955. The summed E-state index contributed by atoms with van der Waals surface area (Å²) in [6.07, 6.45) is 6.60. The average Bonchev–Trinajstić information content (AvgIpc) is 2.83. The van der Waals surface area contributed by atoms with Crippen LogP contribution in [0.2, 0.25) is 0 Å². The van der Waals surface area contributed by atoms with Crippen molar-refractivity contribution in [1.29, 1.82) is 5.26 Å². The monoisotopic (exact) mass is 418 g/mol. The second kappa shape index (κ2) is 11.0. The molecular formula is C25H26N2O4. The van der Waals surface area contributed by atoms with Crippen molar-refractivity contribution in [1.82, 2.24) is 0 Å². The van der Waals surface area contributed by atoms with Gasteiger partial charge in [0.15, 0.2) is 6.61 Å². The second-order valence-corrected chi connectivity index (χ2v) is 7.41. The van der Waals surface area contributed by atoms with Crippen molar-refractivity contribution < 1.29 is 19.1 Å². The Hall–Kier alpha value is -3.59. The van der Waals surface area contributed by atoms with E-state index in [-0.39, 0.29) is 17.5 Å². The highest BCUT2D eigenvalue weighted by atomic mass is 16.5. The SMILES string of the molecule is COc1ccc(/C=C(\C#N)C(=O)OCC(=O)N(c2ccccc2)C2CCCCC2)cc1. The summed E-state index contributed by atoms with van der Waals surface area (Å²) < 4.78 is 10.3. The van der Waals surface area contributed by atoms with E-state index in [4.69, 9.17) is 9.47 Å². The molecule has 1 fully saturated rings. The molecule has 1 aliphatic rings. The number of methoxy groups -OCH3 is 1. The minimum atomic E-state index is -0.816. The fourth-order valence-electron chi connectivity index (χ4n) is 3.76. The number of nitrogens with zero attached hydrogens (tertiary/aromatic N) is 2. The van der Waals surface area contributed by atoms with Gasteiger partial charge >= 0.3 is 5.97 Å². The van der Waals surface area contributed by atoms with Crippen LogP contribution in [0.5, 0.6) is 5.75 Å². The molecule has 0 N–H and O–H groups in total. The summed E-state index contributed by atoms with van der Waals surface area (Å²) in [6.45, 7) is -0.411. The van der Waals surface area contributed by atoms with Crippen LogP contribution in [0.3, 0.4) is 0 Å². The van der Waals surface area contributed by atoms with E-state index in [1.54, 1.807) is 36.3 Å². The first-order chi connectivity index (χ1) is 15.1. The molecule has 0 saturated heterocycles. The summed E-state index contributed by atoms with van der Waals surface area (Å²) in [5, 5.41) is 9.38. The summed E-state index contributed by atoms with van der Waals surface area (Å²) >= 11 is 0. The number of para-hydroxylation sites is 1. The van der Waals surface area contributed by atoms with Crippen LogP contribution >= 0.6 is 0 Å². The van der Waals surface area contributed by atoms with Crippen molar-refractivity contribution in [3.63, 3.8) is 0 Å². The minimum absolute atomic E-state index is 0.0904. The van der Waals surface area contributed by atoms with Crippen LogP contribution in [0, 0.1) is 11.3 Å². The zero-order valence-corrected chi connectivity index (χ0v) is 17.6. The second-order valence-electron chi connectivity index (χ2n) is 7.41. The van der Waals surface area contributed by atoms with Gasteiger partial charge in [0.1, 0.15) is 17.4 Å². The van der Waals surface area contributed by atoms with Crippen molar-refractivity contribution in [2.45, 2.75) is 38.1 Å². The smallest absolute Gasteiger partial charge is 0.349 e. The lowest BCUT2D eigenvalue weighted by Gasteiger charge is -2.34. The molecule has 2 aromatic carbocycles. The Morgan fingerprint density at radius 1 is 1.06 bits per heavy atom. The molecule has 1 amide bonds. The summed E-state index contributed by atoms with van der Waals surface area (Å²) in [7, 11) is 1.56. The standard InChI is InChI=1S/C25H26N2O4/c1-30-23-14-12-19(13-15-23)16-20(17-26)25(29)31-18-24(28)27(21-8-4-2-5-9-21)22-10-6-3-7-11-22/h2,4-5,8-9,12-16,22H,3,6-7,10-11,18H2,1H3/b20-16+. The van der Waals surface area contributed by atoms with Crippen molar-refractivity contribution >= 4 is 23.6 Å². The molecule has 0 unspecified atom stereocenters. The van der Waals surface area contributed by atoms with Crippen molar-refractivity contribution in [3.8, 4) is 11.8 Å². The van der Waals surface area contributed by atoms with Gasteiger partial charge in [-0.3, -0.25) is 4.79 Å². The van der Waals surface area contributed by atoms with Gasteiger partial charge in [-0.1, -0.05) is 49.6 Å². The summed E-state index contributed by atoms with van der Waals surface area (Å²) in [5.74, 6) is -0.427. The largest absolute Gasteiger partial charge is 0.497 e. The lowest BCUT2D eigenvalue weighted by atomic mass is 9.93. The van der Waals surface area contributed by atoms with Crippen LogP contribution in [0.25, 0.3) is 6.08 Å². The van der Waals surface area contributed by atoms with Gasteiger partial charge in [-0.05, 0) is 48.7 Å². The predicted octanol–water partition coefficient (Wildman–Crippen LogP) is 4.51.